The van der Waals surface area contributed by atoms with Crippen LogP contribution in [0.4, 0.5) is 8.78 Å². The van der Waals surface area contributed by atoms with Crippen molar-refractivity contribution >= 4 is 5.91 Å². The van der Waals surface area contributed by atoms with Crippen LogP contribution in [0.25, 0.3) is 0 Å². The second-order valence-corrected chi connectivity index (χ2v) is 4.43. The monoisotopic (exact) mass is 286 g/mol. The third-order valence-corrected chi connectivity index (χ3v) is 2.92. The molecule has 0 aliphatic rings. The summed E-state index contributed by atoms with van der Waals surface area (Å²) in [6, 6.07) is 3.50. The van der Waals surface area contributed by atoms with E-state index in [0.29, 0.717) is 31.8 Å². The van der Waals surface area contributed by atoms with E-state index in [1.165, 1.54) is 6.07 Å². The summed E-state index contributed by atoms with van der Waals surface area (Å²) in [5, 5.41) is 5.82. The zero-order chi connectivity index (χ0) is 15.0. The Bertz CT molecular complexity index is 441. The summed E-state index contributed by atoms with van der Waals surface area (Å²) in [6.07, 6.45) is 0. The lowest BCUT2D eigenvalue weighted by atomic mass is 10.0. The molecule has 6 heteroatoms. The second kappa shape index (κ2) is 8.60. The van der Waals surface area contributed by atoms with Gasteiger partial charge in [0.05, 0.1) is 12.5 Å². The molecular weight excluding hydrogens is 266 g/mol. The summed E-state index contributed by atoms with van der Waals surface area (Å²) in [5.41, 5.74) is 0.453. The van der Waals surface area contributed by atoms with Crippen LogP contribution in [0, 0.1) is 11.6 Å². The van der Waals surface area contributed by atoms with Gasteiger partial charge in [-0.25, -0.2) is 8.78 Å². The van der Waals surface area contributed by atoms with Gasteiger partial charge in [0.15, 0.2) is 11.6 Å². The number of carbonyl (C=O) groups excluding carboxylic acids is 1. The minimum absolute atomic E-state index is 0.218. The van der Waals surface area contributed by atoms with E-state index in [1.807, 2.05) is 0 Å². The van der Waals surface area contributed by atoms with Crippen LogP contribution in [-0.2, 0) is 9.53 Å². The first-order valence-electron chi connectivity index (χ1n) is 6.48. The normalized spacial score (nSPS) is 12.2. The molecule has 0 radical (unpaired) electrons. The van der Waals surface area contributed by atoms with Gasteiger partial charge in [-0.15, -0.1) is 0 Å². The summed E-state index contributed by atoms with van der Waals surface area (Å²) in [7, 11) is 1.62. The highest BCUT2D eigenvalue weighted by atomic mass is 19.2. The minimum atomic E-state index is -0.941. The smallest absolute Gasteiger partial charge is 0.227 e. The molecule has 0 spiro atoms. The number of benzene rings is 1. The standard InChI is InChI=1S/C14H20F2N2O2/c1-10(11-3-4-12(15)13(16)9-11)14(19)18-6-5-17-7-8-20-2/h3-4,9-10,17H,5-8H2,1-2H3,(H,18,19). The molecule has 1 unspecified atom stereocenters. The van der Waals surface area contributed by atoms with Gasteiger partial charge < -0.3 is 15.4 Å². The van der Waals surface area contributed by atoms with Crippen LogP contribution in [-0.4, -0.2) is 39.3 Å². The number of hydrogen-bond donors (Lipinski definition) is 2. The summed E-state index contributed by atoms with van der Waals surface area (Å²) >= 11 is 0. The highest BCUT2D eigenvalue weighted by Crippen LogP contribution is 2.18. The Hall–Kier alpha value is -1.53. The van der Waals surface area contributed by atoms with E-state index < -0.39 is 17.6 Å². The number of hydrogen-bond acceptors (Lipinski definition) is 3. The number of ether oxygens (including phenoxy) is 1. The maximum Gasteiger partial charge on any atom is 0.227 e. The second-order valence-electron chi connectivity index (χ2n) is 4.43. The molecule has 112 valence electrons. The van der Waals surface area contributed by atoms with Crippen LogP contribution in [0.15, 0.2) is 18.2 Å². The molecule has 1 atom stereocenters. The van der Waals surface area contributed by atoms with E-state index >= 15 is 0 Å². The predicted molar refractivity (Wildman–Crippen MR) is 72.5 cm³/mol. The zero-order valence-corrected chi connectivity index (χ0v) is 11.7. The fourth-order valence-electron chi connectivity index (χ4n) is 1.66. The van der Waals surface area contributed by atoms with Crippen LogP contribution >= 0.6 is 0 Å². The number of nitrogens with one attached hydrogen (secondary N) is 2. The topological polar surface area (TPSA) is 50.4 Å². The quantitative estimate of drug-likeness (QED) is 0.711. The number of halogens is 2. The van der Waals surface area contributed by atoms with Gasteiger partial charge in [0, 0.05) is 26.7 Å². The summed E-state index contributed by atoms with van der Waals surface area (Å²) in [6.45, 7) is 4.07. The van der Waals surface area contributed by atoms with Gasteiger partial charge in [0.2, 0.25) is 5.91 Å². The highest BCUT2D eigenvalue weighted by molar-refractivity contribution is 5.83. The molecule has 0 fully saturated rings. The highest BCUT2D eigenvalue weighted by Gasteiger charge is 2.16. The average Bonchev–Trinajstić information content (AvgIpc) is 2.44. The van der Waals surface area contributed by atoms with Gasteiger partial charge in [-0.2, -0.15) is 0 Å². The first kappa shape index (κ1) is 16.5. The van der Waals surface area contributed by atoms with Gasteiger partial charge in [-0.05, 0) is 24.6 Å². The predicted octanol–water partition coefficient (Wildman–Crippen LogP) is 1.42. The van der Waals surface area contributed by atoms with Crippen LogP contribution in [0.2, 0.25) is 0 Å². The van der Waals surface area contributed by atoms with Crippen LogP contribution < -0.4 is 10.6 Å². The van der Waals surface area contributed by atoms with E-state index in [9.17, 15) is 13.6 Å². The summed E-state index contributed by atoms with van der Waals surface area (Å²) in [4.78, 5) is 11.8. The van der Waals surface area contributed by atoms with Gasteiger partial charge in [0.25, 0.3) is 0 Å². The van der Waals surface area contributed by atoms with Gasteiger partial charge in [0.1, 0.15) is 0 Å². The maximum atomic E-state index is 13.1. The van der Waals surface area contributed by atoms with Crippen molar-refractivity contribution in [2.24, 2.45) is 0 Å². The molecule has 0 saturated heterocycles. The Morgan fingerprint density at radius 2 is 2.00 bits per heavy atom. The average molecular weight is 286 g/mol. The summed E-state index contributed by atoms with van der Waals surface area (Å²) in [5.74, 6) is -2.60. The lowest BCUT2D eigenvalue weighted by Gasteiger charge is -2.13. The molecular formula is C14H20F2N2O2. The lowest BCUT2D eigenvalue weighted by molar-refractivity contribution is -0.122. The molecule has 0 aromatic heterocycles. The first-order chi connectivity index (χ1) is 9.56. The van der Waals surface area contributed by atoms with Gasteiger partial charge in [-0.3, -0.25) is 4.79 Å². The van der Waals surface area contributed by atoms with Crippen molar-refractivity contribution in [3.05, 3.63) is 35.4 Å². The van der Waals surface area contributed by atoms with Gasteiger partial charge in [-0.1, -0.05) is 6.07 Å². The van der Waals surface area contributed by atoms with Crippen molar-refractivity contribution in [1.82, 2.24) is 10.6 Å². The van der Waals surface area contributed by atoms with Crippen molar-refractivity contribution in [3.63, 3.8) is 0 Å². The lowest BCUT2D eigenvalue weighted by Crippen LogP contribution is -2.35. The van der Waals surface area contributed by atoms with E-state index in [4.69, 9.17) is 4.74 Å². The molecule has 20 heavy (non-hydrogen) atoms. The molecule has 0 aliphatic carbocycles. The molecule has 1 amide bonds. The SMILES string of the molecule is COCCNCCNC(=O)C(C)c1ccc(F)c(F)c1. The van der Waals surface area contributed by atoms with E-state index in [1.54, 1.807) is 14.0 Å². The Balaban J connectivity index is 2.37. The third-order valence-electron chi connectivity index (χ3n) is 2.92. The molecule has 0 heterocycles. The molecule has 0 bridgehead atoms. The zero-order valence-electron chi connectivity index (χ0n) is 11.7. The molecule has 1 aromatic rings. The molecule has 1 rings (SSSR count). The molecule has 0 aliphatic heterocycles. The van der Waals surface area contributed by atoms with Crippen molar-refractivity contribution in [2.75, 3.05) is 33.4 Å². The molecule has 1 aromatic carbocycles. The van der Waals surface area contributed by atoms with Crippen LogP contribution in [0.5, 0.6) is 0 Å². The molecule has 2 N–H and O–H groups in total. The number of rotatable bonds is 8. The third kappa shape index (κ3) is 5.22. The fraction of sp³-hybridized carbons (Fsp3) is 0.500. The largest absolute Gasteiger partial charge is 0.383 e. The molecule has 4 nitrogen and oxygen atoms in total. The number of methoxy groups -OCH3 is 1. The van der Waals surface area contributed by atoms with Crippen molar-refractivity contribution in [1.29, 1.82) is 0 Å². The van der Waals surface area contributed by atoms with Crippen molar-refractivity contribution < 1.29 is 18.3 Å². The Labute approximate surface area is 117 Å². The number of carbonyl (C=O) groups is 1. The van der Waals surface area contributed by atoms with E-state index in [-0.39, 0.29) is 5.91 Å². The van der Waals surface area contributed by atoms with E-state index in [2.05, 4.69) is 10.6 Å². The van der Waals surface area contributed by atoms with Gasteiger partial charge >= 0.3 is 0 Å². The molecule has 0 saturated carbocycles. The summed E-state index contributed by atoms with van der Waals surface area (Å²) < 4.78 is 30.8. The fourth-order valence-corrected chi connectivity index (χ4v) is 1.66. The Kier molecular flexibility index (Phi) is 7.11. The maximum absolute atomic E-state index is 13.1. The van der Waals surface area contributed by atoms with Crippen molar-refractivity contribution in [3.8, 4) is 0 Å². The van der Waals surface area contributed by atoms with Crippen LogP contribution in [0.3, 0.4) is 0 Å². The van der Waals surface area contributed by atoms with Crippen LogP contribution in [0.1, 0.15) is 18.4 Å². The minimum Gasteiger partial charge on any atom is -0.383 e. The first-order valence-corrected chi connectivity index (χ1v) is 6.48. The Morgan fingerprint density at radius 1 is 1.25 bits per heavy atom. The van der Waals surface area contributed by atoms with Crippen molar-refractivity contribution in [2.45, 2.75) is 12.8 Å². The van der Waals surface area contributed by atoms with E-state index in [0.717, 1.165) is 12.1 Å². The Morgan fingerprint density at radius 3 is 2.65 bits per heavy atom. The number of amides is 1.